The zero-order valence-electron chi connectivity index (χ0n) is 3.33. The molecule has 0 rings (SSSR count). The van der Waals surface area contributed by atoms with Gasteiger partial charge in [-0.15, -0.1) is 0 Å². The summed E-state index contributed by atoms with van der Waals surface area (Å²) in [5.74, 6) is 0. The minimum absolute atomic E-state index is 0. The molecule has 1 nitrogen and oxygen atoms in total. The van der Waals surface area contributed by atoms with Gasteiger partial charge < -0.3 is 24.2 Å². The van der Waals surface area contributed by atoms with Gasteiger partial charge in [0.2, 0.25) is 0 Å². The Morgan fingerprint density at radius 1 is 1.20 bits per heavy atom. The summed E-state index contributed by atoms with van der Waals surface area (Å²) in [5, 5.41) is 6.25. The SMILES string of the molecule is [C-]#N.[Cl-].[K+].[Na+]. The van der Waals surface area contributed by atoms with Crippen LogP contribution in [-0.4, -0.2) is 0 Å². The third-order valence-electron chi connectivity index (χ3n) is 0. The van der Waals surface area contributed by atoms with Crippen molar-refractivity contribution >= 4 is 0 Å². The summed E-state index contributed by atoms with van der Waals surface area (Å²) in [7, 11) is 0. The van der Waals surface area contributed by atoms with Gasteiger partial charge >= 0.3 is 80.9 Å². The molecule has 0 aliphatic carbocycles. The molecule has 0 spiro atoms. The Morgan fingerprint density at radius 2 is 1.20 bits per heavy atom. The number of halogens is 1. The molecule has 0 aromatic carbocycles. The van der Waals surface area contributed by atoms with Gasteiger partial charge in [-0.3, -0.25) is 0 Å². The largest absolute Gasteiger partial charge is 1.00 e. The van der Waals surface area contributed by atoms with Crippen molar-refractivity contribution in [3.05, 3.63) is 6.57 Å². The van der Waals surface area contributed by atoms with Crippen LogP contribution >= 0.6 is 0 Å². The third-order valence-corrected chi connectivity index (χ3v) is 0. The van der Waals surface area contributed by atoms with Crippen LogP contribution in [0.2, 0.25) is 0 Å². The van der Waals surface area contributed by atoms with Crippen LogP contribution < -0.4 is 93.3 Å². The second kappa shape index (κ2) is 32.2. The van der Waals surface area contributed by atoms with E-state index < -0.39 is 0 Å². The molecule has 0 unspecified atom stereocenters. The van der Waals surface area contributed by atoms with Crippen LogP contribution in [0.4, 0.5) is 0 Å². The molecule has 0 saturated heterocycles. The minimum Gasteiger partial charge on any atom is -1.00 e. The predicted molar refractivity (Wildman–Crippen MR) is 4.97 cm³/mol. The molecule has 0 bridgehead atoms. The Hall–Kier alpha value is 2.42. The van der Waals surface area contributed by atoms with Crippen LogP contribution in [-0.2, 0) is 0 Å². The number of nitrogens with zero attached hydrogens (tertiary/aromatic N) is 1. The molecule has 0 aromatic rings. The summed E-state index contributed by atoms with van der Waals surface area (Å²) >= 11 is 0. The second-order valence-corrected chi connectivity index (χ2v) is 0. The van der Waals surface area contributed by atoms with Gasteiger partial charge in [0, 0.05) is 0 Å². The number of hydrogen-bond acceptors (Lipinski definition) is 1. The molecule has 0 fully saturated rings. The van der Waals surface area contributed by atoms with Crippen LogP contribution in [0.25, 0.3) is 0 Å². The Kier molecular flexibility index (Phi) is 169. The van der Waals surface area contributed by atoms with E-state index in [9.17, 15) is 0 Å². The van der Waals surface area contributed by atoms with Gasteiger partial charge in [-0.1, -0.05) is 0 Å². The van der Waals surface area contributed by atoms with E-state index in [1.807, 2.05) is 0 Å². The van der Waals surface area contributed by atoms with Gasteiger partial charge in [-0.2, -0.15) is 0 Å². The molecule has 0 amide bonds. The van der Waals surface area contributed by atoms with Crippen molar-refractivity contribution in [2.24, 2.45) is 0 Å². The van der Waals surface area contributed by atoms with Crippen molar-refractivity contribution in [3.8, 4) is 0 Å². The molecule has 0 aliphatic rings. The molecule has 5 heavy (non-hydrogen) atoms. The first-order chi connectivity index (χ1) is 1.00. The second-order valence-electron chi connectivity index (χ2n) is 0. The average molecular weight is 124 g/mol. The van der Waals surface area contributed by atoms with Crippen LogP contribution in [0.15, 0.2) is 0 Å². The van der Waals surface area contributed by atoms with Gasteiger partial charge in [-0.25, -0.2) is 0 Å². The molecule has 4 heteroatoms. The van der Waals surface area contributed by atoms with Crippen molar-refractivity contribution in [1.29, 1.82) is 5.26 Å². The van der Waals surface area contributed by atoms with Crippen LogP contribution in [0.1, 0.15) is 0 Å². The first-order valence-corrected chi connectivity index (χ1v) is 0.224. The Morgan fingerprint density at radius 3 is 1.20 bits per heavy atom. The predicted octanol–water partition coefficient (Wildman–Crippen LogP) is -8.89. The molecule has 0 heterocycles. The van der Waals surface area contributed by atoms with Gasteiger partial charge in [0.15, 0.2) is 0 Å². The zero-order chi connectivity index (χ0) is 2.00. The van der Waals surface area contributed by atoms with E-state index in [1.165, 1.54) is 0 Å². The molecule has 0 aliphatic heterocycles. The maximum Gasteiger partial charge on any atom is 1.00 e. The quantitative estimate of drug-likeness (QED) is 0.232. The summed E-state index contributed by atoms with van der Waals surface area (Å²) in [5.41, 5.74) is 0. The Labute approximate surface area is 103 Å². The van der Waals surface area contributed by atoms with E-state index in [-0.39, 0.29) is 93.3 Å². The third kappa shape index (κ3) is 21.4. The van der Waals surface area contributed by atoms with Gasteiger partial charge in [0.1, 0.15) is 0 Å². The van der Waals surface area contributed by atoms with Crippen molar-refractivity contribution < 1.29 is 93.3 Å². The van der Waals surface area contributed by atoms with Crippen molar-refractivity contribution in [3.63, 3.8) is 0 Å². The molecule has 0 atom stereocenters. The molecule has 0 aromatic heterocycles. The van der Waals surface area contributed by atoms with E-state index in [1.54, 1.807) is 0 Å². The van der Waals surface area contributed by atoms with Crippen molar-refractivity contribution in [2.45, 2.75) is 0 Å². The Balaban J connectivity index is -0.00000000167. The molecule has 0 radical (unpaired) electrons. The molecule has 18 valence electrons. The molecular formula is CClKNNa. The minimum atomic E-state index is 0. The standard InChI is InChI=1S/CN.ClH.K.Na/c1-2;;;/h;1H;;/q-1;;2*+1/p-1. The zero-order valence-corrected chi connectivity index (χ0v) is 9.20. The van der Waals surface area contributed by atoms with E-state index in [0.717, 1.165) is 0 Å². The van der Waals surface area contributed by atoms with Crippen molar-refractivity contribution in [1.82, 2.24) is 0 Å². The monoisotopic (exact) mass is 123 g/mol. The Bertz CT molecular complexity index is 16.4. The van der Waals surface area contributed by atoms with Crippen molar-refractivity contribution in [2.75, 3.05) is 0 Å². The summed E-state index contributed by atoms with van der Waals surface area (Å²) < 4.78 is 0. The summed E-state index contributed by atoms with van der Waals surface area (Å²) in [6.07, 6.45) is 0. The number of rotatable bonds is 0. The molecule has 0 saturated carbocycles. The number of hydrogen-bond donors (Lipinski definition) is 0. The first-order valence-electron chi connectivity index (χ1n) is 0.224. The van der Waals surface area contributed by atoms with Crippen LogP contribution in [0, 0.1) is 11.8 Å². The maximum atomic E-state index is 6.25. The normalized spacial score (nSPS) is 0.400. The van der Waals surface area contributed by atoms with Gasteiger partial charge in [0.05, 0.1) is 0 Å². The van der Waals surface area contributed by atoms with Crippen LogP contribution in [0.3, 0.4) is 0 Å². The molecule has 0 N–H and O–H groups in total. The topological polar surface area (TPSA) is 23.8 Å². The summed E-state index contributed by atoms with van der Waals surface area (Å²) in [6.45, 7) is 4.75. The fourth-order valence-electron chi connectivity index (χ4n) is 0. The van der Waals surface area contributed by atoms with E-state index >= 15 is 0 Å². The smallest absolute Gasteiger partial charge is 1.00 e. The maximum absolute atomic E-state index is 6.25. The fourth-order valence-corrected chi connectivity index (χ4v) is 0. The van der Waals surface area contributed by atoms with Crippen LogP contribution in [0.5, 0.6) is 0 Å². The summed E-state index contributed by atoms with van der Waals surface area (Å²) in [4.78, 5) is 0. The van der Waals surface area contributed by atoms with E-state index in [4.69, 9.17) is 11.8 Å². The van der Waals surface area contributed by atoms with E-state index in [0.29, 0.717) is 0 Å². The van der Waals surface area contributed by atoms with E-state index in [2.05, 4.69) is 0 Å². The molecular weight excluding hydrogens is 124 g/mol. The average Bonchev–Trinajstić information content (AvgIpc) is 1.00. The fraction of sp³-hybridized carbons (Fsp3) is 0. The summed E-state index contributed by atoms with van der Waals surface area (Å²) in [6, 6.07) is 0. The first kappa shape index (κ1) is 26.2. The van der Waals surface area contributed by atoms with Gasteiger partial charge in [-0.05, 0) is 0 Å². The van der Waals surface area contributed by atoms with Gasteiger partial charge in [0.25, 0.3) is 0 Å².